The molecule has 3 heteroatoms. The van der Waals surface area contributed by atoms with E-state index in [1.54, 1.807) is 0 Å². The average molecular weight is 175 g/mol. The number of hydrogen-bond donors (Lipinski definition) is 1. The molecule has 2 unspecified atom stereocenters. The van der Waals surface area contributed by atoms with Crippen LogP contribution < -0.4 is 5.32 Å². The summed E-state index contributed by atoms with van der Waals surface area (Å²) in [5.74, 6) is 0.281. The van der Waals surface area contributed by atoms with E-state index in [4.69, 9.17) is 0 Å². The molecule has 12 heavy (non-hydrogen) atoms. The summed E-state index contributed by atoms with van der Waals surface area (Å²) < 4.78 is 24.1. The second-order valence-corrected chi connectivity index (χ2v) is 4.10. The summed E-state index contributed by atoms with van der Waals surface area (Å²) in [4.78, 5) is 0. The van der Waals surface area contributed by atoms with E-state index < -0.39 is 6.43 Å². The van der Waals surface area contributed by atoms with Gasteiger partial charge in [0.25, 0.3) is 0 Å². The molecule has 2 heterocycles. The molecule has 2 saturated heterocycles. The topological polar surface area (TPSA) is 12.0 Å². The molecule has 2 atom stereocenters. The lowest BCUT2D eigenvalue weighted by Gasteiger charge is -2.28. The maximum absolute atomic E-state index is 12.1. The zero-order valence-electron chi connectivity index (χ0n) is 7.10. The molecule has 2 bridgehead atoms. The summed E-state index contributed by atoms with van der Waals surface area (Å²) >= 11 is 0. The molecule has 2 aliphatic heterocycles. The molecule has 0 aliphatic carbocycles. The molecule has 0 spiro atoms. The van der Waals surface area contributed by atoms with Gasteiger partial charge in [-0.25, -0.2) is 8.78 Å². The highest BCUT2D eigenvalue weighted by molar-refractivity contribution is 4.91. The minimum absolute atomic E-state index is 0.120. The van der Waals surface area contributed by atoms with E-state index in [-0.39, 0.29) is 12.3 Å². The van der Waals surface area contributed by atoms with Crippen molar-refractivity contribution in [3.63, 3.8) is 0 Å². The predicted octanol–water partition coefficient (Wildman–Crippen LogP) is 2.17. The predicted molar refractivity (Wildman–Crippen MR) is 43.3 cm³/mol. The molecule has 0 aromatic rings. The largest absolute Gasteiger partial charge is 0.311 e. The fourth-order valence-electron chi connectivity index (χ4n) is 2.62. The third-order valence-electron chi connectivity index (χ3n) is 3.08. The minimum Gasteiger partial charge on any atom is -0.311 e. The zero-order valence-corrected chi connectivity index (χ0v) is 7.10. The Hall–Kier alpha value is -0.180. The van der Waals surface area contributed by atoms with Crippen molar-refractivity contribution in [1.29, 1.82) is 0 Å². The Morgan fingerprint density at radius 3 is 2.25 bits per heavy atom. The average Bonchev–Trinajstić information content (AvgIpc) is 2.29. The molecular weight excluding hydrogens is 160 g/mol. The summed E-state index contributed by atoms with van der Waals surface area (Å²) in [6.45, 7) is 0. The molecule has 2 aliphatic rings. The van der Waals surface area contributed by atoms with Gasteiger partial charge in [0.2, 0.25) is 6.43 Å². The van der Waals surface area contributed by atoms with Crippen molar-refractivity contribution in [2.45, 2.75) is 50.6 Å². The number of hydrogen-bond acceptors (Lipinski definition) is 1. The Kier molecular flexibility index (Phi) is 2.31. The van der Waals surface area contributed by atoms with Gasteiger partial charge >= 0.3 is 0 Å². The van der Waals surface area contributed by atoms with Crippen molar-refractivity contribution in [1.82, 2.24) is 5.32 Å². The van der Waals surface area contributed by atoms with E-state index >= 15 is 0 Å². The van der Waals surface area contributed by atoms with E-state index in [1.807, 2.05) is 0 Å². The molecule has 0 radical (unpaired) electrons. The van der Waals surface area contributed by atoms with Crippen LogP contribution in [-0.2, 0) is 0 Å². The maximum Gasteiger partial charge on any atom is 0.238 e. The monoisotopic (exact) mass is 175 g/mol. The van der Waals surface area contributed by atoms with Crippen LogP contribution in [0.2, 0.25) is 0 Å². The molecule has 0 amide bonds. The van der Waals surface area contributed by atoms with E-state index in [2.05, 4.69) is 5.32 Å². The highest BCUT2D eigenvalue weighted by Crippen LogP contribution is 2.33. The molecule has 70 valence electrons. The first kappa shape index (κ1) is 8.42. The second-order valence-electron chi connectivity index (χ2n) is 4.10. The van der Waals surface area contributed by atoms with Crippen molar-refractivity contribution in [2.75, 3.05) is 0 Å². The first-order chi connectivity index (χ1) is 5.74. The van der Waals surface area contributed by atoms with Gasteiger partial charge in [-0.15, -0.1) is 0 Å². The molecule has 2 rings (SSSR count). The van der Waals surface area contributed by atoms with Gasteiger partial charge in [0.15, 0.2) is 0 Å². The van der Waals surface area contributed by atoms with Gasteiger partial charge in [0.05, 0.1) is 0 Å². The standard InChI is InChI=1S/C9H15F2N/c10-9(11)5-6-3-7-1-2-8(4-6)12-7/h6-9,12H,1-5H2. The van der Waals surface area contributed by atoms with Crippen molar-refractivity contribution >= 4 is 0 Å². The zero-order chi connectivity index (χ0) is 8.55. The molecule has 1 nitrogen and oxygen atoms in total. The third kappa shape index (κ3) is 1.76. The Morgan fingerprint density at radius 2 is 1.75 bits per heavy atom. The summed E-state index contributed by atoms with van der Waals surface area (Å²) in [5, 5.41) is 3.45. The number of fused-ring (bicyclic) bond motifs is 2. The SMILES string of the molecule is FC(F)CC1CC2CCC(C1)N2. The molecule has 0 aromatic carbocycles. The fourth-order valence-corrected chi connectivity index (χ4v) is 2.62. The Morgan fingerprint density at radius 1 is 1.17 bits per heavy atom. The molecule has 0 saturated carbocycles. The van der Waals surface area contributed by atoms with Gasteiger partial charge in [-0.1, -0.05) is 0 Å². The third-order valence-corrected chi connectivity index (χ3v) is 3.08. The van der Waals surface area contributed by atoms with Crippen molar-refractivity contribution in [3.8, 4) is 0 Å². The van der Waals surface area contributed by atoms with Gasteiger partial charge < -0.3 is 5.32 Å². The Bertz CT molecular complexity index is 149. The van der Waals surface area contributed by atoms with Gasteiger partial charge in [-0.2, -0.15) is 0 Å². The van der Waals surface area contributed by atoms with E-state index in [0.29, 0.717) is 12.1 Å². The lowest BCUT2D eigenvalue weighted by atomic mass is 9.90. The normalized spacial score (nSPS) is 40.8. The minimum atomic E-state index is -2.10. The van der Waals surface area contributed by atoms with Crippen molar-refractivity contribution in [2.24, 2.45) is 5.92 Å². The van der Waals surface area contributed by atoms with Crippen LogP contribution in [0.3, 0.4) is 0 Å². The van der Waals surface area contributed by atoms with Gasteiger partial charge in [0.1, 0.15) is 0 Å². The van der Waals surface area contributed by atoms with Crippen LogP contribution in [0.4, 0.5) is 8.78 Å². The van der Waals surface area contributed by atoms with Gasteiger partial charge in [-0.3, -0.25) is 0 Å². The van der Waals surface area contributed by atoms with Crippen LogP contribution in [0.25, 0.3) is 0 Å². The van der Waals surface area contributed by atoms with Crippen LogP contribution in [0.5, 0.6) is 0 Å². The number of piperidine rings is 1. The van der Waals surface area contributed by atoms with E-state index in [0.717, 1.165) is 12.8 Å². The van der Waals surface area contributed by atoms with Crippen molar-refractivity contribution < 1.29 is 8.78 Å². The first-order valence-corrected chi connectivity index (χ1v) is 4.78. The van der Waals surface area contributed by atoms with Crippen LogP contribution in [0, 0.1) is 5.92 Å². The van der Waals surface area contributed by atoms with Gasteiger partial charge in [-0.05, 0) is 31.6 Å². The van der Waals surface area contributed by atoms with Crippen LogP contribution in [-0.4, -0.2) is 18.5 Å². The smallest absolute Gasteiger partial charge is 0.238 e. The summed E-state index contributed by atoms with van der Waals surface area (Å²) in [6, 6.07) is 1.10. The number of nitrogens with one attached hydrogen (secondary N) is 1. The van der Waals surface area contributed by atoms with Crippen molar-refractivity contribution in [3.05, 3.63) is 0 Å². The van der Waals surface area contributed by atoms with Crippen LogP contribution >= 0.6 is 0 Å². The molecular formula is C9H15F2N. The molecule has 1 N–H and O–H groups in total. The number of alkyl halides is 2. The van der Waals surface area contributed by atoms with E-state index in [1.165, 1.54) is 12.8 Å². The van der Waals surface area contributed by atoms with Crippen LogP contribution in [0.15, 0.2) is 0 Å². The Labute approximate surface area is 71.5 Å². The van der Waals surface area contributed by atoms with E-state index in [9.17, 15) is 8.78 Å². The van der Waals surface area contributed by atoms with Crippen LogP contribution in [0.1, 0.15) is 32.1 Å². The lowest BCUT2D eigenvalue weighted by Crippen LogP contribution is -2.38. The highest BCUT2D eigenvalue weighted by atomic mass is 19.3. The summed E-state index contributed by atoms with van der Waals surface area (Å²) in [6.07, 6.45) is 2.36. The van der Waals surface area contributed by atoms with Gasteiger partial charge in [0, 0.05) is 18.5 Å². The lowest BCUT2D eigenvalue weighted by molar-refractivity contribution is 0.0993. The first-order valence-electron chi connectivity index (χ1n) is 4.78. The fraction of sp³-hybridized carbons (Fsp3) is 1.00. The number of rotatable bonds is 2. The molecule has 2 fully saturated rings. The summed E-state index contributed by atoms with van der Waals surface area (Å²) in [7, 11) is 0. The second kappa shape index (κ2) is 3.29. The highest BCUT2D eigenvalue weighted by Gasteiger charge is 2.34. The summed E-state index contributed by atoms with van der Waals surface area (Å²) in [5.41, 5.74) is 0. The quantitative estimate of drug-likeness (QED) is 0.678. The molecule has 0 aromatic heterocycles. The Balaban J connectivity index is 1.85. The maximum atomic E-state index is 12.1. The number of halogens is 2.